The number of urea groups is 1. The standard InChI is InChI=1S/C13H17N3O4/c1-8(7-10(14)17)15-13(20)16-11(12(18)19)9-5-3-2-4-6-9/h2-6,8,11H,7H2,1H3,(H2,14,17)(H,18,19)(H2,15,16,20)/t8?,11-/m0/s1. The van der Waals surface area contributed by atoms with Crippen molar-refractivity contribution >= 4 is 17.9 Å². The van der Waals surface area contributed by atoms with Crippen molar-refractivity contribution in [2.24, 2.45) is 5.73 Å². The highest BCUT2D eigenvalue weighted by Gasteiger charge is 2.22. The lowest BCUT2D eigenvalue weighted by Gasteiger charge is -2.18. The van der Waals surface area contributed by atoms with E-state index >= 15 is 0 Å². The van der Waals surface area contributed by atoms with E-state index in [-0.39, 0.29) is 6.42 Å². The first kappa shape index (κ1) is 15.5. The molecule has 0 heterocycles. The number of carboxylic acid groups (broad SMARTS) is 1. The minimum Gasteiger partial charge on any atom is -0.479 e. The third-order valence-electron chi connectivity index (χ3n) is 2.54. The van der Waals surface area contributed by atoms with Gasteiger partial charge in [0.05, 0.1) is 0 Å². The van der Waals surface area contributed by atoms with Gasteiger partial charge >= 0.3 is 12.0 Å². The van der Waals surface area contributed by atoms with Gasteiger partial charge in [-0.15, -0.1) is 0 Å². The zero-order valence-corrected chi connectivity index (χ0v) is 11.0. The van der Waals surface area contributed by atoms with E-state index in [2.05, 4.69) is 10.6 Å². The van der Waals surface area contributed by atoms with Gasteiger partial charge in [-0.3, -0.25) is 4.79 Å². The fraction of sp³-hybridized carbons (Fsp3) is 0.308. The molecule has 0 radical (unpaired) electrons. The molecular weight excluding hydrogens is 262 g/mol. The molecule has 108 valence electrons. The Balaban J connectivity index is 2.65. The molecule has 0 saturated carbocycles. The minimum atomic E-state index is -1.17. The second-order valence-electron chi connectivity index (χ2n) is 4.37. The first-order valence-corrected chi connectivity index (χ1v) is 6.03. The summed E-state index contributed by atoms with van der Waals surface area (Å²) in [7, 11) is 0. The number of amides is 3. The van der Waals surface area contributed by atoms with Crippen LogP contribution in [-0.4, -0.2) is 29.1 Å². The van der Waals surface area contributed by atoms with Crippen LogP contribution in [0.2, 0.25) is 0 Å². The monoisotopic (exact) mass is 279 g/mol. The summed E-state index contributed by atoms with van der Waals surface area (Å²) in [6, 6.07) is 6.01. The van der Waals surface area contributed by atoms with Gasteiger partial charge in [-0.05, 0) is 12.5 Å². The maximum absolute atomic E-state index is 11.7. The van der Waals surface area contributed by atoms with Crippen LogP contribution >= 0.6 is 0 Å². The van der Waals surface area contributed by atoms with Crippen molar-refractivity contribution in [2.75, 3.05) is 0 Å². The van der Waals surface area contributed by atoms with E-state index in [1.165, 1.54) is 0 Å². The van der Waals surface area contributed by atoms with E-state index in [0.29, 0.717) is 5.56 Å². The Morgan fingerprint density at radius 1 is 1.20 bits per heavy atom. The van der Waals surface area contributed by atoms with Gasteiger partial charge in [-0.2, -0.15) is 0 Å². The molecule has 0 spiro atoms. The van der Waals surface area contributed by atoms with Crippen molar-refractivity contribution in [3.05, 3.63) is 35.9 Å². The molecule has 0 bridgehead atoms. The average molecular weight is 279 g/mol. The Labute approximate surface area is 116 Å². The number of rotatable bonds is 6. The quantitative estimate of drug-likeness (QED) is 0.601. The van der Waals surface area contributed by atoms with Gasteiger partial charge in [-0.25, -0.2) is 9.59 Å². The fourth-order valence-electron chi connectivity index (χ4n) is 1.68. The predicted molar refractivity (Wildman–Crippen MR) is 71.8 cm³/mol. The van der Waals surface area contributed by atoms with Crippen molar-refractivity contribution in [1.29, 1.82) is 0 Å². The highest BCUT2D eigenvalue weighted by molar-refractivity contribution is 5.84. The van der Waals surface area contributed by atoms with Crippen LogP contribution in [0, 0.1) is 0 Å². The number of nitrogens with two attached hydrogens (primary N) is 1. The Hall–Kier alpha value is -2.57. The van der Waals surface area contributed by atoms with Crippen molar-refractivity contribution < 1.29 is 19.5 Å². The van der Waals surface area contributed by atoms with Gasteiger partial charge in [0.1, 0.15) is 0 Å². The second-order valence-corrected chi connectivity index (χ2v) is 4.37. The maximum Gasteiger partial charge on any atom is 0.330 e. The second kappa shape index (κ2) is 7.13. The molecule has 7 heteroatoms. The fourth-order valence-corrected chi connectivity index (χ4v) is 1.68. The topological polar surface area (TPSA) is 122 Å². The van der Waals surface area contributed by atoms with E-state index < -0.39 is 30.0 Å². The van der Waals surface area contributed by atoms with Crippen LogP contribution in [0.15, 0.2) is 30.3 Å². The molecule has 0 aliphatic carbocycles. The molecule has 0 saturated heterocycles. The van der Waals surface area contributed by atoms with E-state index in [4.69, 9.17) is 10.8 Å². The number of carbonyl (C=O) groups excluding carboxylic acids is 2. The van der Waals surface area contributed by atoms with Crippen molar-refractivity contribution in [3.8, 4) is 0 Å². The summed E-state index contributed by atoms with van der Waals surface area (Å²) >= 11 is 0. The zero-order valence-electron chi connectivity index (χ0n) is 11.0. The number of nitrogens with one attached hydrogen (secondary N) is 2. The molecule has 20 heavy (non-hydrogen) atoms. The van der Waals surface area contributed by atoms with Gasteiger partial charge in [0, 0.05) is 12.5 Å². The molecule has 3 amide bonds. The lowest BCUT2D eigenvalue weighted by Crippen LogP contribution is -2.45. The molecule has 1 aromatic carbocycles. The zero-order chi connectivity index (χ0) is 15.1. The first-order valence-electron chi connectivity index (χ1n) is 6.03. The van der Waals surface area contributed by atoms with E-state index in [0.717, 1.165) is 0 Å². The van der Waals surface area contributed by atoms with Crippen LogP contribution in [0.25, 0.3) is 0 Å². The summed E-state index contributed by atoms with van der Waals surface area (Å²) in [6.07, 6.45) is -0.0174. The summed E-state index contributed by atoms with van der Waals surface area (Å²) in [4.78, 5) is 33.6. The average Bonchev–Trinajstić information content (AvgIpc) is 2.35. The van der Waals surface area contributed by atoms with E-state index in [9.17, 15) is 14.4 Å². The molecule has 1 unspecified atom stereocenters. The third-order valence-corrected chi connectivity index (χ3v) is 2.54. The molecule has 5 N–H and O–H groups in total. The number of benzene rings is 1. The molecule has 2 atom stereocenters. The summed E-state index contributed by atoms with van der Waals surface area (Å²) < 4.78 is 0. The molecule has 0 fully saturated rings. The van der Waals surface area contributed by atoms with Crippen LogP contribution < -0.4 is 16.4 Å². The molecule has 0 aromatic heterocycles. The van der Waals surface area contributed by atoms with Crippen molar-refractivity contribution in [3.63, 3.8) is 0 Å². The lowest BCUT2D eigenvalue weighted by atomic mass is 10.1. The van der Waals surface area contributed by atoms with Gasteiger partial charge in [0.2, 0.25) is 5.91 Å². The normalized spacial score (nSPS) is 13.1. The van der Waals surface area contributed by atoms with E-state index in [1.54, 1.807) is 37.3 Å². The molecule has 1 rings (SSSR count). The summed E-state index contributed by atoms with van der Waals surface area (Å²) in [5.41, 5.74) is 5.46. The number of carboxylic acids is 1. The highest BCUT2D eigenvalue weighted by Crippen LogP contribution is 2.12. The number of hydrogen-bond acceptors (Lipinski definition) is 3. The number of primary amides is 1. The lowest BCUT2D eigenvalue weighted by molar-refractivity contribution is -0.139. The van der Waals surface area contributed by atoms with Gasteiger partial charge in [0.15, 0.2) is 6.04 Å². The maximum atomic E-state index is 11.7. The number of aliphatic carboxylic acids is 1. The first-order chi connectivity index (χ1) is 9.40. The summed E-state index contributed by atoms with van der Waals surface area (Å²) in [6.45, 7) is 1.60. The van der Waals surface area contributed by atoms with Crippen molar-refractivity contribution in [1.82, 2.24) is 10.6 Å². The third kappa shape index (κ3) is 4.97. The SMILES string of the molecule is CC(CC(N)=O)NC(=O)N[C@H](C(=O)O)c1ccccc1. The minimum absolute atomic E-state index is 0.0174. The van der Waals surface area contributed by atoms with Crippen LogP contribution in [0.3, 0.4) is 0 Å². The summed E-state index contributed by atoms with van der Waals surface area (Å²) in [5.74, 6) is -1.72. The Kier molecular flexibility index (Phi) is 5.52. The molecule has 7 nitrogen and oxygen atoms in total. The van der Waals surface area contributed by atoms with Crippen LogP contribution in [-0.2, 0) is 9.59 Å². The van der Waals surface area contributed by atoms with Crippen molar-refractivity contribution in [2.45, 2.75) is 25.4 Å². The molecule has 0 aliphatic heterocycles. The van der Waals surface area contributed by atoms with Crippen LogP contribution in [0.1, 0.15) is 24.9 Å². The molecular formula is C13H17N3O4. The Morgan fingerprint density at radius 2 is 1.80 bits per heavy atom. The smallest absolute Gasteiger partial charge is 0.330 e. The predicted octanol–water partition coefficient (Wildman–Crippen LogP) is 0.375. The summed E-state index contributed by atoms with van der Waals surface area (Å²) in [5, 5.41) is 13.9. The Bertz CT molecular complexity index is 490. The molecule has 1 aromatic rings. The number of carbonyl (C=O) groups is 3. The van der Waals surface area contributed by atoms with Gasteiger partial charge in [-0.1, -0.05) is 30.3 Å². The van der Waals surface area contributed by atoms with Gasteiger partial charge < -0.3 is 21.5 Å². The highest BCUT2D eigenvalue weighted by atomic mass is 16.4. The molecule has 0 aliphatic rings. The number of hydrogen-bond donors (Lipinski definition) is 4. The largest absolute Gasteiger partial charge is 0.479 e. The van der Waals surface area contributed by atoms with Gasteiger partial charge in [0.25, 0.3) is 0 Å². The van der Waals surface area contributed by atoms with E-state index in [1.807, 2.05) is 0 Å². The van der Waals surface area contributed by atoms with Crippen LogP contribution in [0.4, 0.5) is 4.79 Å². The van der Waals surface area contributed by atoms with Crippen LogP contribution in [0.5, 0.6) is 0 Å². The Morgan fingerprint density at radius 3 is 2.30 bits per heavy atom.